The lowest BCUT2D eigenvalue weighted by molar-refractivity contribution is -0.137. The number of hydrogen-bond donors (Lipinski definition) is 0. The first-order chi connectivity index (χ1) is 18.8. The van der Waals surface area contributed by atoms with Gasteiger partial charge in [0, 0.05) is 43.5 Å². The van der Waals surface area contributed by atoms with Crippen LogP contribution in [0, 0.1) is 11.7 Å². The standard InChI is InChI=1S/C30H31F4N3O2/c31-27-20-26(10-11-28(27)36-16-18-39-19-17-36)37(21-22-4-2-1-3-5-22)29(38)23-12-14-35(15-13-23)25-8-6-24(7-9-25)30(32,33)34/h1-11,20,23H,12-19,21H2. The highest BCUT2D eigenvalue weighted by Gasteiger charge is 2.32. The Morgan fingerprint density at radius 1 is 0.872 bits per heavy atom. The topological polar surface area (TPSA) is 36.0 Å². The number of carbonyl (C=O) groups excluding carboxylic acids is 1. The molecule has 2 heterocycles. The van der Waals surface area contributed by atoms with Crippen molar-refractivity contribution in [3.8, 4) is 0 Å². The Morgan fingerprint density at radius 3 is 2.15 bits per heavy atom. The fraction of sp³-hybridized carbons (Fsp3) is 0.367. The van der Waals surface area contributed by atoms with Crippen molar-refractivity contribution in [1.82, 2.24) is 0 Å². The van der Waals surface area contributed by atoms with Crippen LogP contribution in [0.1, 0.15) is 24.0 Å². The summed E-state index contributed by atoms with van der Waals surface area (Å²) in [6.45, 7) is 3.72. The summed E-state index contributed by atoms with van der Waals surface area (Å²) in [4.78, 5) is 19.4. The molecule has 3 aromatic rings. The van der Waals surface area contributed by atoms with Crippen LogP contribution in [0.25, 0.3) is 0 Å². The van der Waals surface area contributed by atoms with E-state index < -0.39 is 11.7 Å². The third kappa shape index (κ3) is 6.36. The Bertz CT molecular complexity index is 1250. The largest absolute Gasteiger partial charge is 0.416 e. The quantitative estimate of drug-likeness (QED) is 0.352. The van der Waals surface area contributed by atoms with Crippen LogP contribution >= 0.6 is 0 Å². The van der Waals surface area contributed by atoms with Crippen molar-refractivity contribution in [2.24, 2.45) is 5.92 Å². The molecular formula is C30H31F4N3O2. The summed E-state index contributed by atoms with van der Waals surface area (Å²) in [6.07, 6.45) is -3.26. The Hall–Kier alpha value is -3.59. The van der Waals surface area contributed by atoms with E-state index in [0.717, 1.165) is 17.7 Å². The van der Waals surface area contributed by atoms with Crippen molar-refractivity contribution >= 4 is 23.0 Å². The molecule has 0 aromatic heterocycles. The van der Waals surface area contributed by atoms with E-state index in [1.807, 2.05) is 40.1 Å². The van der Waals surface area contributed by atoms with Gasteiger partial charge in [0.25, 0.3) is 0 Å². The minimum Gasteiger partial charge on any atom is -0.378 e. The zero-order chi connectivity index (χ0) is 27.4. The molecule has 2 aliphatic heterocycles. The number of benzene rings is 3. The van der Waals surface area contributed by atoms with Gasteiger partial charge in [-0.05, 0) is 60.9 Å². The van der Waals surface area contributed by atoms with Gasteiger partial charge >= 0.3 is 6.18 Å². The molecular weight excluding hydrogens is 510 g/mol. The van der Waals surface area contributed by atoms with Crippen molar-refractivity contribution in [3.63, 3.8) is 0 Å². The predicted molar refractivity (Wildman–Crippen MR) is 143 cm³/mol. The number of halogens is 4. The molecule has 0 saturated carbocycles. The normalized spacial score (nSPS) is 16.8. The number of hydrogen-bond acceptors (Lipinski definition) is 4. The Labute approximate surface area is 225 Å². The fourth-order valence-corrected chi connectivity index (χ4v) is 5.25. The van der Waals surface area contributed by atoms with E-state index >= 15 is 4.39 Å². The molecule has 2 aliphatic rings. The number of amides is 1. The Kier molecular flexibility index (Phi) is 8.07. The number of ether oxygens (including phenoxy) is 1. The maximum Gasteiger partial charge on any atom is 0.416 e. The number of anilines is 3. The van der Waals surface area contributed by atoms with Gasteiger partial charge in [0.2, 0.25) is 5.91 Å². The molecule has 0 bridgehead atoms. The second-order valence-electron chi connectivity index (χ2n) is 9.95. The maximum absolute atomic E-state index is 15.3. The van der Waals surface area contributed by atoms with Gasteiger partial charge in [-0.2, -0.15) is 13.2 Å². The molecule has 2 saturated heterocycles. The van der Waals surface area contributed by atoms with Gasteiger partial charge in [0.05, 0.1) is 31.0 Å². The molecule has 1 amide bonds. The minimum atomic E-state index is -4.37. The molecule has 0 unspecified atom stereocenters. The van der Waals surface area contributed by atoms with Gasteiger partial charge in [-0.15, -0.1) is 0 Å². The Balaban J connectivity index is 1.31. The van der Waals surface area contributed by atoms with Crippen LogP contribution in [0.5, 0.6) is 0 Å². The molecule has 3 aromatic carbocycles. The molecule has 0 radical (unpaired) electrons. The number of rotatable bonds is 6. The van der Waals surface area contributed by atoms with E-state index in [0.29, 0.717) is 75.8 Å². The van der Waals surface area contributed by atoms with Crippen molar-refractivity contribution in [2.45, 2.75) is 25.6 Å². The van der Waals surface area contributed by atoms with Gasteiger partial charge < -0.3 is 19.4 Å². The summed E-state index contributed by atoms with van der Waals surface area (Å²) in [7, 11) is 0. The molecule has 2 fully saturated rings. The van der Waals surface area contributed by atoms with Crippen LogP contribution in [0.4, 0.5) is 34.6 Å². The zero-order valence-electron chi connectivity index (χ0n) is 21.5. The minimum absolute atomic E-state index is 0.0792. The molecule has 5 nitrogen and oxygen atoms in total. The first kappa shape index (κ1) is 27.0. The third-order valence-corrected chi connectivity index (χ3v) is 7.45. The van der Waals surface area contributed by atoms with Crippen LogP contribution in [-0.4, -0.2) is 45.3 Å². The average Bonchev–Trinajstić information content (AvgIpc) is 2.96. The fourth-order valence-electron chi connectivity index (χ4n) is 5.25. The summed E-state index contributed by atoms with van der Waals surface area (Å²) < 4.78 is 59.4. The van der Waals surface area contributed by atoms with Gasteiger partial charge in [0.15, 0.2) is 0 Å². The number of alkyl halides is 3. The number of carbonyl (C=O) groups is 1. The lowest BCUT2D eigenvalue weighted by Gasteiger charge is -2.36. The van der Waals surface area contributed by atoms with Gasteiger partial charge in [-0.1, -0.05) is 30.3 Å². The SMILES string of the molecule is O=C(C1CCN(c2ccc(C(F)(F)F)cc2)CC1)N(Cc1ccccc1)c1ccc(N2CCOCC2)c(F)c1. The number of piperidine rings is 1. The highest BCUT2D eigenvalue weighted by atomic mass is 19.4. The molecule has 9 heteroatoms. The molecule has 0 atom stereocenters. The van der Waals surface area contributed by atoms with Crippen LogP contribution in [0.2, 0.25) is 0 Å². The van der Waals surface area contributed by atoms with Crippen LogP contribution in [-0.2, 0) is 22.3 Å². The highest BCUT2D eigenvalue weighted by molar-refractivity contribution is 5.95. The lowest BCUT2D eigenvalue weighted by Crippen LogP contribution is -2.42. The van der Waals surface area contributed by atoms with Crippen LogP contribution < -0.4 is 14.7 Å². The molecule has 0 N–H and O–H groups in total. The van der Waals surface area contributed by atoms with E-state index in [4.69, 9.17) is 4.74 Å². The first-order valence-electron chi connectivity index (χ1n) is 13.2. The molecule has 5 rings (SSSR count). The molecule has 206 valence electrons. The summed E-state index contributed by atoms with van der Waals surface area (Å²) in [5.74, 6) is -0.733. The molecule has 0 aliphatic carbocycles. The number of morpholine rings is 1. The second-order valence-corrected chi connectivity index (χ2v) is 9.95. The van der Waals surface area contributed by atoms with Crippen LogP contribution in [0.3, 0.4) is 0 Å². The molecule has 39 heavy (non-hydrogen) atoms. The van der Waals surface area contributed by atoms with Gasteiger partial charge in [0.1, 0.15) is 5.82 Å². The average molecular weight is 542 g/mol. The summed E-state index contributed by atoms with van der Waals surface area (Å²) in [5.41, 5.74) is 1.96. The van der Waals surface area contributed by atoms with Crippen molar-refractivity contribution in [1.29, 1.82) is 0 Å². The molecule has 0 spiro atoms. The summed E-state index contributed by atoms with van der Waals surface area (Å²) in [5, 5.41) is 0. The lowest BCUT2D eigenvalue weighted by atomic mass is 9.94. The van der Waals surface area contributed by atoms with Gasteiger partial charge in [-0.3, -0.25) is 4.79 Å². The van der Waals surface area contributed by atoms with E-state index in [1.54, 1.807) is 17.0 Å². The van der Waals surface area contributed by atoms with Crippen molar-refractivity contribution in [2.75, 3.05) is 54.1 Å². The monoisotopic (exact) mass is 541 g/mol. The maximum atomic E-state index is 15.3. The third-order valence-electron chi connectivity index (χ3n) is 7.45. The van der Waals surface area contributed by atoms with E-state index in [-0.39, 0.29) is 17.6 Å². The Morgan fingerprint density at radius 2 is 1.54 bits per heavy atom. The van der Waals surface area contributed by atoms with E-state index in [2.05, 4.69) is 0 Å². The second kappa shape index (κ2) is 11.7. The zero-order valence-corrected chi connectivity index (χ0v) is 21.5. The highest BCUT2D eigenvalue weighted by Crippen LogP contribution is 2.33. The van der Waals surface area contributed by atoms with Crippen LogP contribution in [0.15, 0.2) is 72.8 Å². The number of nitrogens with zero attached hydrogens (tertiary/aromatic N) is 3. The van der Waals surface area contributed by atoms with Crippen molar-refractivity contribution < 1.29 is 27.1 Å². The predicted octanol–water partition coefficient (Wildman–Crippen LogP) is 6.13. The van der Waals surface area contributed by atoms with E-state index in [1.165, 1.54) is 18.2 Å². The smallest absolute Gasteiger partial charge is 0.378 e. The van der Waals surface area contributed by atoms with Crippen molar-refractivity contribution in [3.05, 3.63) is 89.7 Å². The van der Waals surface area contributed by atoms with E-state index in [9.17, 15) is 18.0 Å². The van der Waals surface area contributed by atoms with Gasteiger partial charge in [-0.25, -0.2) is 4.39 Å². The summed E-state index contributed by atoms with van der Waals surface area (Å²) in [6, 6.07) is 19.7. The summed E-state index contributed by atoms with van der Waals surface area (Å²) >= 11 is 0. The first-order valence-corrected chi connectivity index (χ1v) is 13.2.